The number of rotatable bonds is 2. The van der Waals surface area contributed by atoms with E-state index in [4.69, 9.17) is 0 Å². The highest BCUT2D eigenvalue weighted by Crippen LogP contribution is 2.23. The van der Waals surface area contributed by atoms with Crippen LogP contribution in [0.3, 0.4) is 0 Å². The van der Waals surface area contributed by atoms with Gasteiger partial charge in [0.15, 0.2) is 5.92 Å². The van der Waals surface area contributed by atoms with Crippen LogP contribution in [0.4, 0.5) is 0 Å². The zero-order valence-electron chi connectivity index (χ0n) is 10.5. The molecule has 5 heteroatoms. The lowest BCUT2D eigenvalue weighted by molar-refractivity contribution is -0.145. The quantitative estimate of drug-likeness (QED) is 0.478. The maximum Gasteiger partial charge on any atom is 0.322 e. The Kier molecular flexibility index (Phi) is 3.95. The minimum atomic E-state index is -0.897. The summed E-state index contributed by atoms with van der Waals surface area (Å²) in [4.78, 5) is 27.8. The second-order valence-electron chi connectivity index (χ2n) is 4.15. The number of Topliss-reactive ketones (excluding diaryl/α,β-unsaturated/α-hetero) is 1. The number of halogens is 1. The summed E-state index contributed by atoms with van der Waals surface area (Å²) < 4.78 is 5.57. The number of nitrogens with zero attached hydrogens (tertiary/aromatic N) is 1. The summed E-state index contributed by atoms with van der Waals surface area (Å²) in [5.74, 6) is -1.77. The molecule has 98 valence electrons. The van der Waals surface area contributed by atoms with E-state index < -0.39 is 11.9 Å². The number of hydrogen-bond acceptors (Lipinski definition) is 4. The van der Waals surface area contributed by atoms with Gasteiger partial charge in [-0.15, -0.1) is 0 Å². The van der Waals surface area contributed by atoms with Crippen molar-refractivity contribution in [2.45, 2.75) is 6.92 Å². The Morgan fingerprint density at radius 3 is 2.58 bits per heavy atom. The van der Waals surface area contributed by atoms with Crippen molar-refractivity contribution in [3.8, 4) is 0 Å². The first-order chi connectivity index (χ1) is 9.02. The molecule has 0 radical (unpaired) electrons. The van der Waals surface area contributed by atoms with E-state index in [1.807, 2.05) is 24.3 Å². The molecule has 1 aromatic carbocycles. The molecule has 1 heterocycles. The van der Waals surface area contributed by atoms with Gasteiger partial charge in [0, 0.05) is 10.2 Å². The van der Waals surface area contributed by atoms with Gasteiger partial charge in [0.2, 0.25) is 5.78 Å². The lowest BCUT2D eigenvalue weighted by Gasteiger charge is -2.04. The summed E-state index contributed by atoms with van der Waals surface area (Å²) in [5.41, 5.74) is 1.61. The van der Waals surface area contributed by atoms with Crippen LogP contribution < -0.4 is 0 Å². The van der Waals surface area contributed by atoms with E-state index in [2.05, 4.69) is 25.7 Å². The topological polar surface area (TPSA) is 55.7 Å². The molecule has 4 nitrogen and oxygen atoms in total. The first-order valence-electron chi connectivity index (χ1n) is 5.67. The van der Waals surface area contributed by atoms with Gasteiger partial charge in [-0.1, -0.05) is 28.1 Å². The van der Waals surface area contributed by atoms with Crippen molar-refractivity contribution in [2.75, 3.05) is 7.11 Å². The molecule has 2 rings (SSSR count). The molecule has 0 aliphatic carbocycles. The highest BCUT2D eigenvalue weighted by molar-refractivity contribution is 9.10. The molecule has 1 atom stereocenters. The summed E-state index contributed by atoms with van der Waals surface area (Å²) in [6.07, 6.45) is 1.67. The first kappa shape index (κ1) is 13.7. The molecule has 1 aromatic rings. The third kappa shape index (κ3) is 2.81. The number of aliphatic imine (C=N–C) groups is 1. The number of carbonyl (C=O) groups excluding carboxylic acids is 2. The number of esters is 1. The Hall–Kier alpha value is -1.75. The van der Waals surface area contributed by atoms with Crippen LogP contribution in [0.1, 0.15) is 12.5 Å². The summed E-state index contributed by atoms with van der Waals surface area (Å²) >= 11 is 3.34. The summed E-state index contributed by atoms with van der Waals surface area (Å²) in [5, 5.41) is 0. The minimum absolute atomic E-state index is 0.287. The van der Waals surface area contributed by atoms with Crippen molar-refractivity contribution in [3.63, 3.8) is 0 Å². The number of ether oxygens (including phenoxy) is 1. The first-order valence-corrected chi connectivity index (χ1v) is 6.46. The molecular formula is C14H12BrNO3. The van der Waals surface area contributed by atoms with E-state index in [0.29, 0.717) is 5.71 Å². The van der Waals surface area contributed by atoms with Crippen LogP contribution in [0.15, 0.2) is 39.4 Å². The van der Waals surface area contributed by atoms with Crippen molar-refractivity contribution in [1.82, 2.24) is 0 Å². The van der Waals surface area contributed by atoms with Crippen LogP contribution in [0.25, 0.3) is 6.08 Å². The van der Waals surface area contributed by atoms with E-state index in [9.17, 15) is 9.59 Å². The predicted octanol–water partition coefficient (Wildman–Crippen LogP) is 2.62. The Labute approximate surface area is 119 Å². The van der Waals surface area contributed by atoms with E-state index in [0.717, 1.165) is 10.0 Å². The van der Waals surface area contributed by atoms with Crippen LogP contribution in [0.5, 0.6) is 0 Å². The van der Waals surface area contributed by atoms with Crippen LogP contribution in [-0.2, 0) is 14.3 Å². The summed E-state index contributed by atoms with van der Waals surface area (Å²) in [6, 6.07) is 7.47. The maximum atomic E-state index is 12.1. The zero-order chi connectivity index (χ0) is 14.0. The normalized spacial score (nSPS) is 20.6. The molecule has 0 amide bonds. The second kappa shape index (κ2) is 5.48. The van der Waals surface area contributed by atoms with Crippen LogP contribution >= 0.6 is 15.9 Å². The van der Waals surface area contributed by atoms with E-state index in [1.165, 1.54) is 7.11 Å². The summed E-state index contributed by atoms with van der Waals surface area (Å²) in [6.45, 7) is 1.65. The minimum Gasteiger partial charge on any atom is -0.468 e. The smallest absolute Gasteiger partial charge is 0.322 e. The van der Waals surface area contributed by atoms with Crippen molar-refractivity contribution < 1.29 is 14.3 Å². The Morgan fingerprint density at radius 2 is 2.00 bits per heavy atom. The third-order valence-corrected chi connectivity index (χ3v) is 3.37. The van der Waals surface area contributed by atoms with Gasteiger partial charge in [-0.05, 0) is 30.7 Å². The predicted molar refractivity (Wildman–Crippen MR) is 75.7 cm³/mol. The van der Waals surface area contributed by atoms with E-state index in [-0.39, 0.29) is 11.5 Å². The van der Waals surface area contributed by atoms with Gasteiger partial charge in [0.25, 0.3) is 0 Å². The van der Waals surface area contributed by atoms with Crippen molar-refractivity contribution in [3.05, 3.63) is 40.0 Å². The average molecular weight is 322 g/mol. The standard InChI is InChI=1S/C14H12BrNO3/c1-8-12(14(18)19-2)13(17)11(16-8)7-9-3-5-10(15)6-4-9/h3-7,12H,1-2H3/b11-7+. The fraction of sp³-hybridized carbons (Fsp3) is 0.214. The molecule has 0 saturated carbocycles. The average Bonchev–Trinajstić information content (AvgIpc) is 2.66. The number of hydrogen-bond donors (Lipinski definition) is 0. The molecular weight excluding hydrogens is 310 g/mol. The molecule has 0 spiro atoms. The fourth-order valence-corrected chi connectivity index (χ4v) is 2.13. The second-order valence-corrected chi connectivity index (χ2v) is 5.07. The van der Waals surface area contributed by atoms with Gasteiger partial charge in [-0.25, -0.2) is 0 Å². The molecule has 1 aliphatic rings. The van der Waals surface area contributed by atoms with E-state index in [1.54, 1.807) is 13.0 Å². The molecule has 0 bridgehead atoms. The molecule has 0 aromatic heterocycles. The van der Waals surface area contributed by atoms with Crippen molar-refractivity contribution in [1.29, 1.82) is 0 Å². The molecule has 1 aliphatic heterocycles. The Bertz CT molecular complexity index is 587. The largest absolute Gasteiger partial charge is 0.468 e. The van der Waals surface area contributed by atoms with Gasteiger partial charge in [0.1, 0.15) is 5.70 Å². The van der Waals surface area contributed by atoms with E-state index >= 15 is 0 Å². The number of benzene rings is 1. The Balaban J connectivity index is 2.30. The van der Waals surface area contributed by atoms with Crippen molar-refractivity contribution >= 4 is 39.5 Å². The van der Waals surface area contributed by atoms with Crippen LogP contribution in [0, 0.1) is 5.92 Å². The molecule has 0 N–H and O–H groups in total. The monoisotopic (exact) mass is 321 g/mol. The lowest BCUT2D eigenvalue weighted by atomic mass is 10.0. The molecule has 0 fully saturated rings. The lowest BCUT2D eigenvalue weighted by Crippen LogP contribution is -2.27. The number of allylic oxidation sites excluding steroid dienone is 1. The third-order valence-electron chi connectivity index (χ3n) is 2.84. The van der Waals surface area contributed by atoms with Crippen molar-refractivity contribution in [2.24, 2.45) is 10.9 Å². The molecule has 19 heavy (non-hydrogen) atoms. The fourth-order valence-electron chi connectivity index (χ4n) is 1.86. The van der Waals surface area contributed by atoms with Crippen LogP contribution in [0.2, 0.25) is 0 Å². The summed E-state index contributed by atoms with van der Waals surface area (Å²) in [7, 11) is 1.26. The Morgan fingerprint density at radius 1 is 1.37 bits per heavy atom. The highest BCUT2D eigenvalue weighted by atomic mass is 79.9. The number of carbonyl (C=O) groups is 2. The van der Waals surface area contributed by atoms with Gasteiger partial charge in [-0.2, -0.15) is 0 Å². The maximum absolute atomic E-state index is 12.1. The number of ketones is 1. The highest BCUT2D eigenvalue weighted by Gasteiger charge is 2.37. The van der Waals surface area contributed by atoms with Gasteiger partial charge in [0.05, 0.1) is 7.11 Å². The number of methoxy groups -OCH3 is 1. The van der Waals surface area contributed by atoms with Gasteiger partial charge in [-0.3, -0.25) is 14.6 Å². The van der Waals surface area contributed by atoms with Gasteiger partial charge < -0.3 is 4.74 Å². The van der Waals surface area contributed by atoms with Gasteiger partial charge >= 0.3 is 5.97 Å². The molecule has 1 unspecified atom stereocenters. The molecule has 0 saturated heterocycles. The zero-order valence-corrected chi connectivity index (χ0v) is 12.1. The van der Waals surface area contributed by atoms with Crippen LogP contribution in [-0.4, -0.2) is 24.6 Å². The SMILES string of the molecule is COC(=O)C1C(=O)/C(=C\c2ccc(Br)cc2)N=C1C.